The Morgan fingerprint density at radius 2 is 2.15 bits per heavy atom. The number of halogens is 1. The van der Waals surface area contributed by atoms with Crippen molar-refractivity contribution < 1.29 is 8.81 Å². The van der Waals surface area contributed by atoms with Crippen LogP contribution in [0.4, 0.5) is 4.39 Å². The zero-order valence-electron chi connectivity index (χ0n) is 6.87. The van der Waals surface area contributed by atoms with Crippen molar-refractivity contribution >= 4 is 11.1 Å². The molecule has 0 amide bonds. The molecule has 0 bridgehead atoms. The van der Waals surface area contributed by atoms with E-state index < -0.39 is 12.4 Å². The van der Waals surface area contributed by atoms with Crippen molar-refractivity contribution in [1.82, 2.24) is 4.57 Å². The highest BCUT2D eigenvalue weighted by atomic mass is 19.1. The molecule has 1 aromatic carbocycles. The van der Waals surface area contributed by atoms with Gasteiger partial charge in [-0.2, -0.15) is 0 Å². The van der Waals surface area contributed by atoms with Crippen LogP contribution >= 0.6 is 0 Å². The van der Waals surface area contributed by atoms with Crippen molar-refractivity contribution in [1.29, 1.82) is 0 Å². The number of rotatable bonds is 2. The van der Waals surface area contributed by atoms with E-state index in [1.54, 1.807) is 24.3 Å². The van der Waals surface area contributed by atoms with E-state index >= 15 is 0 Å². The van der Waals surface area contributed by atoms with E-state index in [4.69, 9.17) is 4.42 Å². The van der Waals surface area contributed by atoms with E-state index in [9.17, 15) is 9.18 Å². The maximum Gasteiger partial charge on any atom is 0.420 e. The van der Waals surface area contributed by atoms with Crippen LogP contribution < -0.4 is 5.76 Å². The molecule has 3 nitrogen and oxygen atoms in total. The molecule has 0 aliphatic rings. The molecule has 0 aliphatic heterocycles. The highest BCUT2D eigenvalue weighted by Crippen LogP contribution is 2.11. The summed E-state index contributed by atoms with van der Waals surface area (Å²) in [4.78, 5) is 11.2. The topological polar surface area (TPSA) is 35.1 Å². The number of para-hydroxylation sites is 2. The van der Waals surface area contributed by atoms with Crippen LogP contribution in [-0.2, 0) is 6.54 Å². The molecule has 68 valence electrons. The van der Waals surface area contributed by atoms with Gasteiger partial charge < -0.3 is 4.42 Å². The standard InChI is InChI=1S/C9H8FNO2/c10-5-6-11-7-3-1-2-4-8(7)13-9(11)12/h1-4H,5-6H2. The Morgan fingerprint density at radius 3 is 2.92 bits per heavy atom. The predicted octanol–water partition coefficient (Wildman–Crippen LogP) is 1.56. The summed E-state index contributed by atoms with van der Waals surface area (Å²) in [6, 6.07) is 6.97. The molecule has 0 atom stereocenters. The maximum atomic E-state index is 12.1. The van der Waals surface area contributed by atoms with Crippen LogP contribution in [-0.4, -0.2) is 11.2 Å². The highest BCUT2D eigenvalue weighted by Gasteiger charge is 2.06. The van der Waals surface area contributed by atoms with Crippen LogP contribution in [0.15, 0.2) is 33.5 Å². The van der Waals surface area contributed by atoms with Gasteiger partial charge in [-0.1, -0.05) is 12.1 Å². The molecule has 0 saturated carbocycles. The van der Waals surface area contributed by atoms with Gasteiger partial charge in [-0.15, -0.1) is 0 Å². The molecule has 0 aliphatic carbocycles. The Hall–Kier alpha value is -1.58. The van der Waals surface area contributed by atoms with E-state index in [-0.39, 0.29) is 6.54 Å². The molecule has 0 N–H and O–H groups in total. The average Bonchev–Trinajstić information content (AvgIpc) is 2.44. The molecular weight excluding hydrogens is 173 g/mol. The number of aryl methyl sites for hydroxylation is 1. The summed E-state index contributed by atoms with van der Waals surface area (Å²) in [7, 11) is 0. The van der Waals surface area contributed by atoms with Gasteiger partial charge >= 0.3 is 5.76 Å². The second-order valence-electron chi connectivity index (χ2n) is 2.68. The van der Waals surface area contributed by atoms with Crippen molar-refractivity contribution in [2.75, 3.05) is 6.67 Å². The summed E-state index contributed by atoms with van der Waals surface area (Å²) in [5, 5.41) is 0. The zero-order valence-corrected chi connectivity index (χ0v) is 6.87. The van der Waals surface area contributed by atoms with Gasteiger partial charge in [0.2, 0.25) is 0 Å². The molecule has 4 heteroatoms. The van der Waals surface area contributed by atoms with E-state index in [2.05, 4.69) is 0 Å². The van der Waals surface area contributed by atoms with E-state index in [1.165, 1.54) is 4.57 Å². The third-order valence-electron chi connectivity index (χ3n) is 1.88. The summed E-state index contributed by atoms with van der Waals surface area (Å²) in [6.07, 6.45) is 0. The van der Waals surface area contributed by atoms with Gasteiger partial charge in [0.15, 0.2) is 5.58 Å². The molecule has 0 radical (unpaired) electrons. The number of fused-ring (bicyclic) bond motifs is 1. The smallest absolute Gasteiger partial charge is 0.408 e. The quantitative estimate of drug-likeness (QED) is 0.704. The first-order valence-corrected chi connectivity index (χ1v) is 3.97. The van der Waals surface area contributed by atoms with Gasteiger partial charge in [-0.05, 0) is 12.1 Å². The van der Waals surface area contributed by atoms with Crippen LogP contribution in [0.3, 0.4) is 0 Å². The monoisotopic (exact) mass is 181 g/mol. The predicted molar refractivity (Wildman–Crippen MR) is 46.4 cm³/mol. The maximum absolute atomic E-state index is 12.1. The van der Waals surface area contributed by atoms with Crippen molar-refractivity contribution in [3.05, 3.63) is 34.8 Å². The normalized spacial score (nSPS) is 10.8. The molecule has 1 heterocycles. The summed E-state index contributed by atoms with van der Waals surface area (Å²) in [5.74, 6) is -0.501. The summed E-state index contributed by atoms with van der Waals surface area (Å²) in [5.41, 5.74) is 1.14. The van der Waals surface area contributed by atoms with Crippen LogP contribution in [0.2, 0.25) is 0 Å². The summed E-state index contributed by atoms with van der Waals surface area (Å²) in [6.45, 7) is -0.515. The molecule has 0 saturated heterocycles. The minimum Gasteiger partial charge on any atom is -0.408 e. The van der Waals surface area contributed by atoms with Crippen molar-refractivity contribution in [3.8, 4) is 0 Å². The largest absolute Gasteiger partial charge is 0.420 e. The fraction of sp³-hybridized carbons (Fsp3) is 0.222. The van der Waals surface area contributed by atoms with Gasteiger partial charge in [0.05, 0.1) is 12.1 Å². The number of benzene rings is 1. The first kappa shape index (κ1) is 8.04. The van der Waals surface area contributed by atoms with Crippen molar-refractivity contribution in [2.45, 2.75) is 6.54 Å². The Morgan fingerprint density at radius 1 is 1.38 bits per heavy atom. The first-order chi connectivity index (χ1) is 6.33. The molecule has 1 aromatic heterocycles. The lowest BCUT2D eigenvalue weighted by Gasteiger charge is -1.95. The Labute approximate surface area is 73.4 Å². The fourth-order valence-corrected chi connectivity index (χ4v) is 1.31. The molecule has 0 spiro atoms. The minimum absolute atomic E-state index is 0.0514. The van der Waals surface area contributed by atoms with Crippen LogP contribution in [0, 0.1) is 0 Å². The Balaban J connectivity index is 2.71. The van der Waals surface area contributed by atoms with Gasteiger partial charge in [-0.3, -0.25) is 4.57 Å². The average molecular weight is 181 g/mol. The SMILES string of the molecule is O=c1oc2ccccc2n1CCF. The van der Waals surface area contributed by atoms with Crippen molar-refractivity contribution in [3.63, 3.8) is 0 Å². The number of hydrogen-bond donors (Lipinski definition) is 0. The van der Waals surface area contributed by atoms with Crippen LogP contribution in [0.5, 0.6) is 0 Å². The first-order valence-electron chi connectivity index (χ1n) is 3.97. The lowest BCUT2D eigenvalue weighted by atomic mass is 10.3. The van der Waals surface area contributed by atoms with Crippen LogP contribution in [0.1, 0.15) is 0 Å². The molecule has 2 aromatic rings. The second kappa shape index (κ2) is 3.05. The highest BCUT2D eigenvalue weighted by molar-refractivity contribution is 5.72. The summed E-state index contributed by atoms with van der Waals surface area (Å²) >= 11 is 0. The van der Waals surface area contributed by atoms with E-state index in [1.807, 2.05) is 0 Å². The van der Waals surface area contributed by atoms with Gasteiger partial charge in [0.1, 0.15) is 6.67 Å². The Bertz CT molecular complexity index is 472. The second-order valence-corrected chi connectivity index (χ2v) is 2.68. The molecular formula is C9H8FNO2. The van der Waals surface area contributed by atoms with Gasteiger partial charge in [0.25, 0.3) is 0 Å². The van der Waals surface area contributed by atoms with Gasteiger partial charge in [0, 0.05) is 0 Å². The molecule has 2 rings (SSSR count). The number of nitrogens with zero attached hydrogens (tertiary/aromatic N) is 1. The van der Waals surface area contributed by atoms with Crippen molar-refractivity contribution in [2.24, 2.45) is 0 Å². The molecule has 13 heavy (non-hydrogen) atoms. The number of alkyl halides is 1. The lowest BCUT2D eigenvalue weighted by Crippen LogP contribution is -2.14. The van der Waals surface area contributed by atoms with E-state index in [0.29, 0.717) is 11.1 Å². The van der Waals surface area contributed by atoms with Gasteiger partial charge in [-0.25, -0.2) is 9.18 Å². The zero-order chi connectivity index (χ0) is 9.26. The minimum atomic E-state index is -0.566. The lowest BCUT2D eigenvalue weighted by molar-refractivity contribution is 0.422. The third kappa shape index (κ3) is 1.24. The molecule has 0 fully saturated rings. The van der Waals surface area contributed by atoms with Crippen LogP contribution in [0.25, 0.3) is 11.1 Å². The fourth-order valence-electron chi connectivity index (χ4n) is 1.31. The number of aromatic nitrogens is 1. The van der Waals surface area contributed by atoms with E-state index in [0.717, 1.165) is 0 Å². The third-order valence-corrected chi connectivity index (χ3v) is 1.88. The Kier molecular flexibility index (Phi) is 1.88. The number of oxazole rings is 1. The molecule has 0 unspecified atom stereocenters. The summed E-state index contributed by atoms with van der Waals surface area (Å²) < 4.78 is 18.2. The number of hydrogen-bond acceptors (Lipinski definition) is 2.